The van der Waals surface area contributed by atoms with Crippen LogP contribution in [0.25, 0.3) is 0 Å². The molecule has 0 aromatic carbocycles. The predicted octanol–water partition coefficient (Wildman–Crippen LogP) is -0.488. The molecule has 0 saturated heterocycles. The Kier molecular flexibility index (Phi) is 2.91. The van der Waals surface area contributed by atoms with E-state index in [-0.39, 0.29) is 47.0 Å². The van der Waals surface area contributed by atoms with Gasteiger partial charge in [0, 0.05) is 24.4 Å². The number of aliphatic hydroxyl groups is 1. The molecule has 1 aromatic heterocycles. The van der Waals surface area contributed by atoms with Crippen molar-refractivity contribution >= 4 is 11.4 Å². The third-order valence-corrected chi connectivity index (χ3v) is 2.97. The molecule has 0 amide bonds. The number of hydrogen-bond donors (Lipinski definition) is 3. The summed E-state index contributed by atoms with van der Waals surface area (Å²) in [6.07, 6.45) is 0.282. The highest BCUT2D eigenvalue weighted by Crippen LogP contribution is 2.34. The quantitative estimate of drug-likeness (QED) is 0.282. The second kappa shape index (κ2) is 4.26. The number of oxime groups is 2. The molecule has 1 unspecified atom stereocenters. The zero-order chi connectivity index (χ0) is 13.3. The van der Waals surface area contributed by atoms with Crippen molar-refractivity contribution in [3.63, 3.8) is 0 Å². The monoisotopic (exact) mass is 256 g/mol. The van der Waals surface area contributed by atoms with Crippen LogP contribution in [0, 0.1) is 5.21 Å². The minimum Gasteiger partial charge on any atom is -0.411 e. The Balaban J connectivity index is 2.53. The average molecular weight is 256 g/mol. The van der Waals surface area contributed by atoms with Crippen molar-refractivity contribution < 1.29 is 25.1 Å². The van der Waals surface area contributed by atoms with Gasteiger partial charge in [0.15, 0.2) is 5.60 Å². The van der Waals surface area contributed by atoms with E-state index in [1.165, 1.54) is 6.92 Å². The van der Waals surface area contributed by atoms with Crippen molar-refractivity contribution in [1.29, 1.82) is 0 Å². The van der Waals surface area contributed by atoms with Gasteiger partial charge in [-0.2, -0.15) is 0 Å². The fraction of sp³-hybridized carbons (Fsp3) is 0.556. The zero-order valence-electron chi connectivity index (χ0n) is 9.57. The van der Waals surface area contributed by atoms with Gasteiger partial charge in [0.25, 0.3) is 5.69 Å². The molecule has 18 heavy (non-hydrogen) atoms. The van der Waals surface area contributed by atoms with Crippen LogP contribution in [0.4, 0.5) is 0 Å². The van der Waals surface area contributed by atoms with Gasteiger partial charge < -0.3 is 20.7 Å². The summed E-state index contributed by atoms with van der Waals surface area (Å²) < 4.78 is 4.43. The van der Waals surface area contributed by atoms with Crippen molar-refractivity contribution in [2.24, 2.45) is 10.3 Å². The van der Waals surface area contributed by atoms with Gasteiger partial charge in [0.1, 0.15) is 0 Å². The molecule has 0 aliphatic heterocycles. The Morgan fingerprint density at radius 1 is 1.56 bits per heavy atom. The lowest BCUT2D eigenvalue weighted by Gasteiger charge is -2.27. The van der Waals surface area contributed by atoms with Gasteiger partial charge in [-0.15, -0.1) is 0 Å². The number of nitrogens with zero attached hydrogens (tertiary/aromatic N) is 4. The Morgan fingerprint density at radius 2 is 2.28 bits per heavy atom. The van der Waals surface area contributed by atoms with Crippen molar-refractivity contribution in [3.05, 3.63) is 16.6 Å². The van der Waals surface area contributed by atoms with Gasteiger partial charge >= 0.3 is 0 Å². The highest BCUT2D eigenvalue weighted by atomic mass is 16.8. The van der Waals surface area contributed by atoms with E-state index in [2.05, 4.69) is 20.1 Å². The molecule has 9 nitrogen and oxygen atoms in total. The second-order valence-electron chi connectivity index (χ2n) is 4.14. The maximum Gasteiger partial charge on any atom is 0.258 e. The molecule has 9 heteroatoms. The standard InChI is InChI=1S/C9H12N4O5/c1-5(10-15)4-9(14)7(11-16)3-2-6-8(9)12-18-13(6)17/h14-16H,2-4H2,1H3. The molecule has 1 atom stereocenters. The van der Waals surface area contributed by atoms with E-state index in [9.17, 15) is 10.3 Å². The summed E-state index contributed by atoms with van der Waals surface area (Å²) >= 11 is 0. The normalized spacial score (nSPS) is 26.3. The van der Waals surface area contributed by atoms with Crippen molar-refractivity contribution in [3.8, 4) is 0 Å². The maximum absolute atomic E-state index is 11.3. The third-order valence-electron chi connectivity index (χ3n) is 2.97. The van der Waals surface area contributed by atoms with Crippen molar-refractivity contribution in [2.45, 2.75) is 31.8 Å². The smallest absolute Gasteiger partial charge is 0.258 e. The summed E-state index contributed by atoms with van der Waals surface area (Å²) in [5.74, 6) is 0. The highest BCUT2D eigenvalue weighted by molar-refractivity contribution is 5.98. The van der Waals surface area contributed by atoms with Crippen molar-refractivity contribution in [1.82, 2.24) is 5.16 Å². The van der Waals surface area contributed by atoms with Crippen LogP contribution in [0.2, 0.25) is 0 Å². The lowest BCUT2D eigenvalue weighted by molar-refractivity contribution is -0.808. The molecule has 2 rings (SSSR count). The summed E-state index contributed by atoms with van der Waals surface area (Å²) in [5.41, 5.74) is -1.38. The van der Waals surface area contributed by atoms with E-state index in [0.717, 1.165) is 0 Å². The van der Waals surface area contributed by atoms with E-state index in [1.807, 2.05) is 0 Å². The Hall–Kier alpha value is -2.16. The first-order valence-electron chi connectivity index (χ1n) is 5.23. The van der Waals surface area contributed by atoms with Crippen LogP contribution >= 0.6 is 0 Å². The molecule has 1 heterocycles. The van der Waals surface area contributed by atoms with E-state index in [1.54, 1.807) is 0 Å². The van der Waals surface area contributed by atoms with Gasteiger partial charge in [0.2, 0.25) is 5.69 Å². The fourth-order valence-electron chi connectivity index (χ4n) is 2.09. The van der Waals surface area contributed by atoms with Crippen LogP contribution in [0.1, 0.15) is 31.2 Å². The third kappa shape index (κ3) is 1.68. The molecule has 1 aliphatic rings. The molecular weight excluding hydrogens is 244 g/mol. The van der Waals surface area contributed by atoms with Gasteiger partial charge in [0.05, 0.1) is 11.4 Å². The van der Waals surface area contributed by atoms with Crippen LogP contribution in [-0.2, 0) is 12.0 Å². The number of hydrogen-bond acceptors (Lipinski definition) is 8. The van der Waals surface area contributed by atoms with Gasteiger partial charge in [-0.1, -0.05) is 10.3 Å². The SMILES string of the molecule is CC(CC1(O)C(=NO)CCc2c1no[n+]2[O-])=NO. The minimum atomic E-state index is -1.79. The number of rotatable bonds is 2. The van der Waals surface area contributed by atoms with Gasteiger partial charge in [-0.25, -0.2) is 0 Å². The van der Waals surface area contributed by atoms with E-state index < -0.39 is 5.60 Å². The Morgan fingerprint density at radius 3 is 2.89 bits per heavy atom. The molecule has 1 aliphatic carbocycles. The van der Waals surface area contributed by atoms with Crippen LogP contribution in [0.15, 0.2) is 14.9 Å². The number of aromatic nitrogens is 2. The first kappa shape index (κ1) is 12.3. The molecular formula is C9H12N4O5. The van der Waals surface area contributed by atoms with Crippen LogP contribution < -0.4 is 4.90 Å². The molecule has 0 saturated carbocycles. The molecule has 1 aromatic rings. The highest BCUT2D eigenvalue weighted by Gasteiger charge is 2.49. The summed E-state index contributed by atoms with van der Waals surface area (Å²) in [6, 6.07) is 0. The molecule has 0 fully saturated rings. The lowest BCUT2D eigenvalue weighted by atomic mass is 9.80. The van der Waals surface area contributed by atoms with Crippen LogP contribution in [0.3, 0.4) is 0 Å². The topological polar surface area (TPSA) is 138 Å². The Bertz CT molecular complexity index is 523. The maximum atomic E-state index is 11.3. The first-order chi connectivity index (χ1) is 8.52. The summed E-state index contributed by atoms with van der Waals surface area (Å²) in [5, 5.41) is 48.9. The van der Waals surface area contributed by atoms with E-state index >= 15 is 0 Å². The zero-order valence-corrected chi connectivity index (χ0v) is 9.57. The summed E-state index contributed by atoms with van der Waals surface area (Å²) in [4.78, 5) is 0.208. The van der Waals surface area contributed by atoms with Crippen molar-refractivity contribution in [2.75, 3.05) is 0 Å². The van der Waals surface area contributed by atoms with E-state index in [4.69, 9.17) is 10.4 Å². The molecule has 0 spiro atoms. The first-order valence-corrected chi connectivity index (χ1v) is 5.23. The molecule has 0 bridgehead atoms. The minimum absolute atomic E-state index is 0.0143. The average Bonchev–Trinajstić information content (AvgIpc) is 2.72. The molecule has 98 valence electrons. The van der Waals surface area contributed by atoms with E-state index in [0.29, 0.717) is 0 Å². The molecule has 3 N–H and O–H groups in total. The molecule has 0 radical (unpaired) electrons. The Labute approximate surface area is 101 Å². The summed E-state index contributed by atoms with van der Waals surface area (Å²) in [7, 11) is 0. The predicted molar refractivity (Wildman–Crippen MR) is 56.4 cm³/mol. The second-order valence-corrected chi connectivity index (χ2v) is 4.14. The fourth-order valence-corrected chi connectivity index (χ4v) is 2.09. The van der Waals surface area contributed by atoms with Gasteiger partial charge in [-0.3, -0.25) is 4.63 Å². The largest absolute Gasteiger partial charge is 0.411 e. The van der Waals surface area contributed by atoms with Gasteiger partial charge in [-0.05, 0) is 11.8 Å². The summed E-state index contributed by atoms with van der Waals surface area (Å²) in [6.45, 7) is 1.48. The lowest BCUT2D eigenvalue weighted by Crippen LogP contribution is -2.44. The van der Waals surface area contributed by atoms with Crippen LogP contribution in [-0.4, -0.2) is 32.1 Å². The van der Waals surface area contributed by atoms with Crippen LogP contribution in [0.5, 0.6) is 0 Å². The number of fused-ring (bicyclic) bond motifs is 1.